The Kier molecular flexibility index (Phi) is 7.82. The molecule has 1 atom stereocenters. The number of rotatable bonds is 8. The number of ether oxygens (including phenoxy) is 1. The number of nitrogens with zero attached hydrogens (tertiary/aromatic N) is 1. The molecule has 124 valence electrons. The molecule has 0 aromatic heterocycles. The maximum atomic E-state index is 11.8. The Morgan fingerprint density at radius 3 is 2.05 bits per heavy atom. The first-order chi connectivity index (χ1) is 10.1. The van der Waals surface area contributed by atoms with Crippen LogP contribution in [0.25, 0.3) is 0 Å². The van der Waals surface area contributed by atoms with E-state index in [1.807, 2.05) is 6.92 Å². The number of hydrogen-bond acceptors (Lipinski definition) is 6. The standard InChI is InChI=1S/C14H29NO5Si/c1-6-13(21(17-3,18-4)19-5)15-10-8-12(9-11-15)14(16)20-7-2/h12-13H,6-11H2,1-5H3. The van der Waals surface area contributed by atoms with E-state index in [9.17, 15) is 4.79 Å². The lowest BCUT2D eigenvalue weighted by Crippen LogP contribution is -2.62. The van der Waals surface area contributed by atoms with Crippen molar-refractivity contribution in [2.45, 2.75) is 38.8 Å². The molecular weight excluding hydrogens is 290 g/mol. The first-order valence-electron chi connectivity index (χ1n) is 7.64. The molecule has 1 heterocycles. The third-order valence-corrected chi connectivity index (χ3v) is 7.54. The van der Waals surface area contributed by atoms with Crippen LogP contribution in [-0.2, 0) is 22.8 Å². The molecule has 21 heavy (non-hydrogen) atoms. The van der Waals surface area contributed by atoms with Crippen LogP contribution in [0.4, 0.5) is 0 Å². The highest BCUT2D eigenvalue weighted by molar-refractivity contribution is 6.62. The van der Waals surface area contributed by atoms with Crippen LogP contribution in [-0.4, -0.2) is 66.4 Å². The summed E-state index contributed by atoms with van der Waals surface area (Å²) >= 11 is 0. The van der Waals surface area contributed by atoms with Crippen molar-refractivity contribution in [1.29, 1.82) is 0 Å². The van der Waals surface area contributed by atoms with E-state index in [2.05, 4.69) is 11.8 Å². The summed E-state index contributed by atoms with van der Waals surface area (Å²) in [5.41, 5.74) is 0.126. The third-order valence-electron chi connectivity index (χ3n) is 4.24. The van der Waals surface area contributed by atoms with E-state index >= 15 is 0 Å². The van der Waals surface area contributed by atoms with Gasteiger partial charge in [-0.25, -0.2) is 0 Å². The van der Waals surface area contributed by atoms with Crippen molar-refractivity contribution in [3.63, 3.8) is 0 Å². The molecular formula is C14H29NO5Si. The zero-order valence-corrected chi connectivity index (χ0v) is 14.9. The van der Waals surface area contributed by atoms with Gasteiger partial charge in [0.25, 0.3) is 0 Å². The minimum Gasteiger partial charge on any atom is -0.466 e. The molecule has 0 amide bonds. The van der Waals surface area contributed by atoms with E-state index in [4.69, 9.17) is 18.0 Å². The molecule has 1 rings (SSSR count). The highest BCUT2D eigenvalue weighted by Gasteiger charge is 2.50. The highest BCUT2D eigenvalue weighted by Crippen LogP contribution is 2.26. The van der Waals surface area contributed by atoms with Gasteiger partial charge in [0, 0.05) is 21.3 Å². The number of carbonyl (C=O) groups is 1. The number of likely N-dealkylation sites (tertiary alicyclic amines) is 1. The molecule has 7 heteroatoms. The normalized spacial score (nSPS) is 19.5. The zero-order chi connectivity index (χ0) is 15.9. The van der Waals surface area contributed by atoms with Gasteiger partial charge in [-0.2, -0.15) is 0 Å². The van der Waals surface area contributed by atoms with Gasteiger partial charge in [0.05, 0.1) is 18.2 Å². The Morgan fingerprint density at radius 2 is 1.67 bits per heavy atom. The van der Waals surface area contributed by atoms with Crippen molar-refractivity contribution in [1.82, 2.24) is 4.90 Å². The lowest BCUT2D eigenvalue weighted by atomic mass is 9.97. The van der Waals surface area contributed by atoms with Gasteiger partial charge in [0.2, 0.25) is 0 Å². The van der Waals surface area contributed by atoms with Crippen LogP contribution in [0.3, 0.4) is 0 Å². The fourth-order valence-electron chi connectivity index (χ4n) is 3.10. The second-order valence-corrected chi connectivity index (χ2v) is 8.30. The van der Waals surface area contributed by atoms with Crippen LogP contribution >= 0.6 is 0 Å². The van der Waals surface area contributed by atoms with Crippen molar-refractivity contribution >= 4 is 14.8 Å². The second kappa shape index (κ2) is 8.85. The fourth-order valence-corrected chi connectivity index (χ4v) is 5.62. The Bertz CT molecular complexity index is 308. The Morgan fingerprint density at radius 1 is 1.14 bits per heavy atom. The molecule has 1 aliphatic rings. The van der Waals surface area contributed by atoms with E-state index in [0.717, 1.165) is 32.4 Å². The molecule has 0 bridgehead atoms. The summed E-state index contributed by atoms with van der Waals surface area (Å²) < 4.78 is 22.0. The molecule has 1 fully saturated rings. The molecule has 0 spiro atoms. The first-order valence-corrected chi connectivity index (χ1v) is 9.44. The van der Waals surface area contributed by atoms with E-state index < -0.39 is 8.80 Å². The summed E-state index contributed by atoms with van der Waals surface area (Å²) in [7, 11) is 2.25. The minimum atomic E-state index is -2.69. The lowest BCUT2D eigenvalue weighted by molar-refractivity contribution is -0.149. The molecule has 1 aliphatic heterocycles. The van der Waals surface area contributed by atoms with Gasteiger partial charge in [-0.1, -0.05) is 6.92 Å². The summed E-state index contributed by atoms with van der Waals surface area (Å²) in [5.74, 6) is -0.0543. The lowest BCUT2D eigenvalue weighted by Gasteiger charge is -2.42. The number of esters is 1. The van der Waals surface area contributed by atoms with Crippen molar-refractivity contribution in [2.75, 3.05) is 41.0 Å². The molecule has 1 unspecified atom stereocenters. The van der Waals surface area contributed by atoms with Crippen LogP contribution in [0.2, 0.25) is 0 Å². The van der Waals surface area contributed by atoms with E-state index in [1.54, 1.807) is 21.3 Å². The monoisotopic (exact) mass is 319 g/mol. The molecule has 0 aromatic rings. The van der Waals surface area contributed by atoms with Crippen LogP contribution in [0.15, 0.2) is 0 Å². The van der Waals surface area contributed by atoms with Crippen LogP contribution in [0, 0.1) is 5.92 Å². The van der Waals surface area contributed by atoms with E-state index in [0.29, 0.717) is 6.61 Å². The van der Waals surface area contributed by atoms with Crippen LogP contribution < -0.4 is 0 Å². The topological polar surface area (TPSA) is 57.2 Å². The zero-order valence-electron chi connectivity index (χ0n) is 13.9. The second-order valence-electron chi connectivity index (χ2n) is 5.20. The highest BCUT2D eigenvalue weighted by atomic mass is 28.4. The summed E-state index contributed by atoms with van der Waals surface area (Å²) in [6.45, 7) is 6.08. The minimum absolute atomic E-state index is 0.0161. The van der Waals surface area contributed by atoms with Crippen LogP contribution in [0.5, 0.6) is 0 Å². The van der Waals surface area contributed by atoms with Gasteiger partial charge >= 0.3 is 14.8 Å². The van der Waals surface area contributed by atoms with E-state index in [-0.39, 0.29) is 17.6 Å². The predicted octanol–water partition coefficient (Wildman–Crippen LogP) is 1.46. The van der Waals surface area contributed by atoms with Crippen molar-refractivity contribution in [2.24, 2.45) is 5.92 Å². The summed E-state index contributed by atoms with van der Waals surface area (Å²) in [6, 6.07) is 0. The van der Waals surface area contributed by atoms with Gasteiger partial charge in [-0.3, -0.25) is 9.69 Å². The molecule has 0 aliphatic carbocycles. The quantitative estimate of drug-likeness (QED) is 0.499. The molecule has 0 aromatic carbocycles. The predicted molar refractivity (Wildman–Crippen MR) is 81.8 cm³/mol. The molecule has 0 radical (unpaired) electrons. The summed E-state index contributed by atoms with van der Waals surface area (Å²) in [4.78, 5) is 14.1. The molecule has 0 saturated carbocycles. The number of carbonyl (C=O) groups excluding carboxylic acids is 1. The average molecular weight is 319 g/mol. The number of hydrogen-bond donors (Lipinski definition) is 0. The van der Waals surface area contributed by atoms with Gasteiger partial charge in [-0.15, -0.1) is 0 Å². The Labute approximate surface area is 129 Å². The van der Waals surface area contributed by atoms with Crippen molar-refractivity contribution < 1.29 is 22.8 Å². The first kappa shape index (κ1) is 18.6. The smallest absolute Gasteiger partial charge is 0.466 e. The summed E-state index contributed by atoms with van der Waals surface area (Å²) in [5, 5.41) is 0. The molecule has 0 N–H and O–H groups in total. The molecule has 1 saturated heterocycles. The fraction of sp³-hybridized carbons (Fsp3) is 0.929. The van der Waals surface area contributed by atoms with Gasteiger partial charge in [0.1, 0.15) is 0 Å². The van der Waals surface area contributed by atoms with Crippen LogP contribution in [0.1, 0.15) is 33.1 Å². The maximum Gasteiger partial charge on any atom is 0.518 e. The SMILES string of the molecule is CCOC(=O)C1CCN(C(CC)[Si](OC)(OC)OC)CC1. The third kappa shape index (κ3) is 4.26. The van der Waals surface area contributed by atoms with Gasteiger partial charge < -0.3 is 18.0 Å². The Hall–Kier alpha value is -0.473. The number of piperidine rings is 1. The van der Waals surface area contributed by atoms with Crippen molar-refractivity contribution in [3.8, 4) is 0 Å². The summed E-state index contributed by atoms with van der Waals surface area (Å²) in [6.07, 6.45) is 2.53. The van der Waals surface area contributed by atoms with Gasteiger partial charge in [-0.05, 0) is 39.3 Å². The Balaban J connectivity index is 2.67. The van der Waals surface area contributed by atoms with E-state index in [1.165, 1.54) is 0 Å². The van der Waals surface area contributed by atoms with Crippen molar-refractivity contribution in [3.05, 3.63) is 0 Å². The maximum absolute atomic E-state index is 11.8. The molecule has 6 nitrogen and oxygen atoms in total. The van der Waals surface area contributed by atoms with Gasteiger partial charge in [0.15, 0.2) is 0 Å². The average Bonchev–Trinajstić information content (AvgIpc) is 2.53. The largest absolute Gasteiger partial charge is 0.518 e.